The van der Waals surface area contributed by atoms with E-state index in [4.69, 9.17) is 5.73 Å². The standard InChI is InChI=1S/C10H15N5/c1-8(2)15-7-12-5-9(15)6-14-4-3-13-10(14)11/h3-5,7-8H,6H2,1-2H3,(H2,11,13). The largest absolute Gasteiger partial charge is 0.369 e. The van der Waals surface area contributed by atoms with E-state index in [-0.39, 0.29) is 0 Å². The Hall–Kier alpha value is -1.78. The molecule has 5 heteroatoms. The quantitative estimate of drug-likeness (QED) is 0.821. The van der Waals surface area contributed by atoms with E-state index in [1.165, 1.54) is 0 Å². The first kappa shape index (κ1) is 9.76. The van der Waals surface area contributed by atoms with Crippen LogP contribution in [-0.2, 0) is 6.54 Å². The highest BCUT2D eigenvalue weighted by Crippen LogP contribution is 2.11. The molecule has 2 N–H and O–H groups in total. The van der Waals surface area contributed by atoms with Gasteiger partial charge in [0.1, 0.15) is 0 Å². The second kappa shape index (κ2) is 3.76. The second-order valence-electron chi connectivity index (χ2n) is 3.80. The molecule has 0 spiro atoms. The highest BCUT2D eigenvalue weighted by Gasteiger charge is 2.06. The normalized spacial score (nSPS) is 11.1. The lowest BCUT2D eigenvalue weighted by Crippen LogP contribution is -2.10. The maximum atomic E-state index is 5.71. The average molecular weight is 205 g/mol. The van der Waals surface area contributed by atoms with E-state index in [1.807, 2.05) is 23.3 Å². The first-order valence-corrected chi connectivity index (χ1v) is 4.96. The molecule has 0 amide bonds. The van der Waals surface area contributed by atoms with Crippen LogP contribution in [0.1, 0.15) is 25.6 Å². The predicted molar refractivity (Wildman–Crippen MR) is 58.4 cm³/mol. The Morgan fingerprint density at radius 2 is 2.27 bits per heavy atom. The van der Waals surface area contributed by atoms with Crippen molar-refractivity contribution in [2.75, 3.05) is 5.73 Å². The average Bonchev–Trinajstić information content (AvgIpc) is 2.77. The Bertz CT molecular complexity index is 440. The van der Waals surface area contributed by atoms with Crippen LogP contribution in [0.5, 0.6) is 0 Å². The van der Waals surface area contributed by atoms with Crippen LogP contribution in [0, 0.1) is 0 Å². The molecule has 80 valence electrons. The van der Waals surface area contributed by atoms with Gasteiger partial charge in [-0.2, -0.15) is 0 Å². The van der Waals surface area contributed by atoms with Crippen LogP contribution in [0.15, 0.2) is 24.9 Å². The van der Waals surface area contributed by atoms with E-state index in [2.05, 4.69) is 28.4 Å². The highest BCUT2D eigenvalue weighted by molar-refractivity contribution is 5.18. The Morgan fingerprint density at radius 3 is 2.87 bits per heavy atom. The minimum atomic E-state index is 0.409. The molecule has 0 aliphatic carbocycles. The zero-order valence-corrected chi connectivity index (χ0v) is 8.96. The summed E-state index contributed by atoms with van der Waals surface area (Å²) in [4.78, 5) is 8.12. The van der Waals surface area contributed by atoms with Gasteiger partial charge in [0.25, 0.3) is 0 Å². The van der Waals surface area contributed by atoms with Gasteiger partial charge in [0, 0.05) is 24.6 Å². The topological polar surface area (TPSA) is 61.7 Å². The van der Waals surface area contributed by atoms with Crippen molar-refractivity contribution in [1.82, 2.24) is 19.1 Å². The van der Waals surface area contributed by atoms with Gasteiger partial charge in [-0.25, -0.2) is 9.97 Å². The molecule has 0 atom stereocenters. The van der Waals surface area contributed by atoms with Crippen LogP contribution in [0.25, 0.3) is 0 Å². The third-order valence-corrected chi connectivity index (χ3v) is 2.38. The summed E-state index contributed by atoms with van der Waals surface area (Å²) in [5.41, 5.74) is 6.84. The number of imidazole rings is 2. The van der Waals surface area contributed by atoms with Crippen LogP contribution in [-0.4, -0.2) is 19.1 Å². The molecular formula is C10H15N5. The summed E-state index contributed by atoms with van der Waals surface area (Å²) < 4.78 is 4.02. The number of hydrogen-bond donors (Lipinski definition) is 1. The highest BCUT2D eigenvalue weighted by atomic mass is 15.2. The fourth-order valence-corrected chi connectivity index (χ4v) is 1.57. The van der Waals surface area contributed by atoms with Gasteiger partial charge in [0.05, 0.1) is 18.6 Å². The van der Waals surface area contributed by atoms with Crippen LogP contribution in [0.2, 0.25) is 0 Å². The Labute approximate surface area is 88.6 Å². The number of hydrogen-bond acceptors (Lipinski definition) is 3. The number of nitrogen functional groups attached to an aromatic ring is 1. The molecule has 0 aliphatic heterocycles. The van der Waals surface area contributed by atoms with Crippen molar-refractivity contribution < 1.29 is 0 Å². The van der Waals surface area contributed by atoms with Crippen molar-refractivity contribution in [3.05, 3.63) is 30.6 Å². The van der Waals surface area contributed by atoms with Gasteiger partial charge in [-0.3, -0.25) is 0 Å². The van der Waals surface area contributed by atoms with E-state index in [9.17, 15) is 0 Å². The minimum absolute atomic E-state index is 0.409. The lowest BCUT2D eigenvalue weighted by molar-refractivity contribution is 0.562. The van der Waals surface area contributed by atoms with E-state index in [0.717, 1.165) is 5.69 Å². The first-order valence-electron chi connectivity index (χ1n) is 4.96. The zero-order chi connectivity index (χ0) is 10.8. The summed E-state index contributed by atoms with van der Waals surface area (Å²) in [7, 11) is 0. The Balaban J connectivity index is 2.25. The molecule has 0 aromatic carbocycles. The third kappa shape index (κ3) is 1.86. The molecule has 2 heterocycles. The molecule has 0 unspecified atom stereocenters. The smallest absolute Gasteiger partial charge is 0.200 e. The second-order valence-corrected chi connectivity index (χ2v) is 3.80. The number of rotatable bonds is 3. The minimum Gasteiger partial charge on any atom is -0.369 e. The molecule has 0 saturated heterocycles. The van der Waals surface area contributed by atoms with Crippen molar-refractivity contribution in [3.63, 3.8) is 0 Å². The van der Waals surface area contributed by atoms with Gasteiger partial charge in [-0.15, -0.1) is 0 Å². The summed E-state index contributed by atoms with van der Waals surface area (Å²) >= 11 is 0. The van der Waals surface area contributed by atoms with Crippen LogP contribution >= 0.6 is 0 Å². The van der Waals surface area contributed by atoms with Crippen molar-refractivity contribution in [3.8, 4) is 0 Å². The van der Waals surface area contributed by atoms with Crippen molar-refractivity contribution >= 4 is 5.95 Å². The number of anilines is 1. The maximum absolute atomic E-state index is 5.71. The number of nitrogens with two attached hydrogens (primary N) is 1. The summed E-state index contributed by atoms with van der Waals surface area (Å²) in [5.74, 6) is 0.534. The fraction of sp³-hybridized carbons (Fsp3) is 0.400. The predicted octanol–water partition coefficient (Wildman–Crippen LogP) is 1.29. The SMILES string of the molecule is CC(C)n1cncc1Cn1ccnc1N. The molecule has 0 radical (unpaired) electrons. The monoisotopic (exact) mass is 205 g/mol. The van der Waals surface area contributed by atoms with Gasteiger partial charge in [0.2, 0.25) is 0 Å². The van der Waals surface area contributed by atoms with Gasteiger partial charge >= 0.3 is 0 Å². The fourth-order valence-electron chi connectivity index (χ4n) is 1.57. The lowest BCUT2D eigenvalue weighted by Gasteiger charge is -2.12. The summed E-state index contributed by atoms with van der Waals surface area (Å²) in [6.45, 7) is 4.97. The molecule has 0 bridgehead atoms. The molecular weight excluding hydrogens is 190 g/mol. The van der Waals surface area contributed by atoms with Crippen LogP contribution in [0.4, 0.5) is 5.95 Å². The molecule has 2 aromatic heterocycles. The number of aromatic nitrogens is 4. The molecule has 2 aromatic rings. The maximum Gasteiger partial charge on any atom is 0.200 e. The summed E-state index contributed by atoms with van der Waals surface area (Å²) in [5, 5.41) is 0. The van der Waals surface area contributed by atoms with Gasteiger partial charge < -0.3 is 14.9 Å². The summed E-state index contributed by atoms with van der Waals surface area (Å²) in [6, 6.07) is 0.409. The lowest BCUT2D eigenvalue weighted by atomic mass is 10.3. The molecule has 2 rings (SSSR count). The Kier molecular flexibility index (Phi) is 2.45. The van der Waals surface area contributed by atoms with Crippen molar-refractivity contribution in [2.45, 2.75) is 26.4 Å². The first-order chi connectivity index (χ1) is 7.18. The van der Waals surface area contributed by atoms with Crippen LogP contribution in [0.3, 0.4) is 0 Å². The van der Waals surface area contributed by atoms with Gasteiger partial charge in [-0.05, 0) is 13.8 Å². The molecule has 0 saturated carbocycles. The van der Waals surface area contributed by atoms with E-state index in [0.29, 0.717) is 18.5 Å². The van der Waals surface area contributed by atoms with E-state index in [1.54, 1.807) is 6.20 Å². The van der Waals surface area contributed by atoms with Crippen molar-refractivity contribution in [1.29, 1.82) is 0 Å². The number of nitrogens with zero attached hydrogens (tertiary/aromatic N) is 4. The molecule has 0 aliphatic rings. The third-order valence-electron chi connectivity index (χ3n) is 2.38. The van der Waals surface area contributed by atoms with E-state index < -0.39 is 0 Å². The molecule has 0 fully saturated rings. The van der Waals surface area contributed by atoms with E-state index >= 15 is 0 Å². The van der Waals surface area contributed by atoms with Gasteiger partial charge in [-0.1, -0.05) is 0 Å². The Morgan fingerprint density at radius 1 is 1.47 bits per heavy atom. The van der Waals surface area contributed by atoms with Crippen LogP contribution < -0.4 is 5.73 Å². The zero-order valence-electron chi connectivity index (χ0n) is 8.96. The molecule has 5 nitrogen and oxygen atoms in total. The summed E-state index contributed by atoms with van der Waals surface area (Å²) in [6.07, 6.45) is 7.27. The van der Waals surface area contributed by atoms with Crippen molar-refractivity contribution in [2.24, 2.45) is 0 Å². The van der Waals surface area contributed by atoms with Gasteiger partial charge in [0.15, 0.2) is 5.95 Å². The molecule has 15 heavy (non-hydrogen) atoms.